The zero-order chi connectivity index (χ0) is 22.5. The second-order valence-corrected chi connectivity index (χ2v) is 7.95. The first-order valence-corrected chi connectivity index (χ1v) is 11.1. The summed E-state index contributed by atoms with van der Waals surface area (Å²) in [5, 5.41) is 3.38. The number of nitrogens with zero attached hydrogens (tertiary/aromatic N) is 5. The molecule has 1 atom stereocenters. The van der Waals surface area contributed by atoms with E-state index in [0.29, 0.717) is 23.9 Å². The van der Waals surface area contributed by atoms with Crippen LogP contribution in [0.25, 0.3) is 11.3 Å². The van der Waals surface area contributed by atoms with Gasteiger partial charge in [-0.1, -0.05) is 24.3 Å². The van der Waals surface area contributed by atoms with Crippen LogP contribution < -0.4 is 5.32 Å². The molecule has 7 nitrogen and oxygen atoms in total. The van der Waals surface area contributed by atoms with Gasteiger partial charge >= 0.3 is 0 Å². The highest BCUT2D eigenvalue weighted by Gasteiger charge is 2.31. The lowest BCUT2D eigenvalue weighted by molar-refractivity contribution is 0.0594. The van der Waals surface area contributed by atoms with Crippen molar-refractivity contribution in [1.29, 1.82) is 0 Å². The second-order valence-electron chi connectivity index (χ2n) is 7.95. The van der Waals surface area contributed by atoms with Crippen LogP contribution in [0.2, 0.25) is 0 Å². The third kappa shape index (κ3) is 4.72. The van der Waals surface area contributed by atoms with Gasteiger partial charge in [-0.25, -0.2) is 9.97 Å². The van der Waals surface area contributed by atoms with Crippen LogP contribution >= 0.6 is 0 Å². The van der Waals surface area contributed by atoms with Gasteiger partial charge in [0.15, 0.2) is 5.82 Å². The van der Waals surface area contributed by atoms with Crippen LogP contribution in [0.3, 0.4) is 0 Å². The molecule has 4 heterocycles. The number of hydrogen-bond acceptors (Lipinski definition) is 6. The third-order valence-electron chi connectivity index (χ3n) is 5.69. The minimum atomic E-state index is -0.221. The Bertz CT molecular complexity index is 1220. The van der Waals surface area contributed by atoms with Crippen molar-refractivity contribution in [3.63, 3.8) is 0 Å². The van der Waals surface area contributed by atoms with E-state index in [-0.39, 0.29) is 11.9 Å². The molecule has 0 saturated carbocycles. The van der Waals surface area contributed by atoms with Gasteiger partial charge in [0.25, 0.3) is 5.91 Å². The first-order chi connectivity index (χ1) is 16.3. The van der Waals surface area contributed by atoms with Gasteiger partial charge in [0, 0.05) is 42.5 Å². The smallest absolute Gasteiger partial charge is 0.273 e. The highest BCUT2D eigenvalue weighted by atomic mass is 16.2. The molecular formula is C26H24N6O. The fraction of sp³-hybridized carbons (Fsp3) is 0.192. The third-order valence-corrected chi connectivity index (χ3v) is 5.69. The largest absolute Gasteiger partial charge is 0.340 e. The summed E-state index contributed by atoms with van der Waals surface area (Å²) in [6, 6.07) is 20.9. The molecule has 7 heteroatoms. The molecular weight excluding hydrogens is 412 g/mol. The number of aromatic nitrogens is 4. The Kier molecular flexibility index (Phi) is 6.01. The van der Waals surface area contributed by atoms with Crippen molar-refractivity contribution >= 4 is 17.4 Å². The second kappa shape index (κ2) is 9.56. The van der Waals surface area contributed by atoms with E-state index >= 15 is 0 Å². The number of anilines is 2. The Hall–Kier alpha value is -4.13. The van der Waals surface area contributed by atoms with Gasteiger partial charge in [0.05, 0.1) is 11.7 Å². The van der Waals surface area contributed by atoms with Crippen molar-refractivity contribution in [1.82, 2.24) is 24.8 Å². The Morgan fingerprint density at radius 2 is 1.82 bits per heavy atom. The molecule has 1 saturated heterocycles. The number of rotatable bonds is 5. The van der Waals surface area contributed by atoms with E-state index in [1.165, 1.54) is 0 Å². The van der Waals surface area contributed by atoms with Crippen LogP contribution in [0.5, 0.6) is 0 Å². The molecule has 5 rings (SSSR count). The van der Waals surface area contributed by atoms with Gasteiger partial charge in [0.1, 0.15) is 11.5 Å². The lowest BCUT2D eigenvalue weighted by Gasteiger charge is -2.34. The van der Waals surface area contributed by atoms with E-state index < -0.39 is 0 Å². The van der Waals surface area contributed by atoms with Crippen LogP contribution in [-0.4, -0.2) is 37.3 Å². The van der Waals surface area contributed by atoms with Gasteiger partial charge in [-0.05, 0) is 55.7 Å². The molecule has 0 radical (unpaired) electrons. The lowest BCUT2D eigenvalue weighted by atomic mass is 10.0. The van der Waals surface area contributed by atoms with Gasteiger partial charge in [-0.15, -0.1) is 0 Å². The topological polar surface area (TPSA) is 83.9 Å². The molecule has 0 aliphatic carbocycles. The van der Waals surface area contributed by atoms with Crippen molar-refractivity contribution < 1.29 is 4.79 Å². The summed E-state index contributed by atoms with van der Waals surface area (Å²) in [7, 11) is 0. The number of likely N-dealkylation sites (tertiary alicyclic amines) is 1. The molecule has 4 aromatic rings. The molecule has 1 aliphatic heterocycles. The van der Waals surface area contributed by atoms with E-state index in [2.05, 4.69) is 15.3 Å². The van der Waals surface area contributed by atoms with E-state index in [1.54, 1.807) is 24.7 Å². The molecule has 0 bridgehead atoms. The number of para-hydroxylation sites is 1. The van der Waals surface area contributed by atoms with Crippen molar-refractivity contribution in [2.24, 2.45) is 0 Å². The fourth-order valence-corrected chi connectivity index (χ4v) is 4.09. The zero-order valence-electron chi connectivity index (χ0n) is 18.1. The predicted molar refractivity (Wildman–Crippen MR) is 127 cm³/mol. The average Bonchev–Trinajstić information content (AvgIpc) is 2.90. The van der Waals surface area contributed by atoms with Crippen LogP contribution in [-0.2, 0) is 0 Å². The van der Waals surface area contributed by atoms with Gasteiger partial charge in [-0.2, -0.15) is 0 Å². The Labute approximate surface area is 192 Å². The summed E-state index contributed by atoms with van der Waals surface area (Å²) in [6.45, 7) is 0.655. The molecule has 1 aromatic carbocycles. The Balaban J connectivity index is 1.55. The SMILES string of the molecule is O=C(c1ccccn1)N1CCCC[C@H]1c1nc(Nc2ccccc2)cc(-c2cccnc2)n1. The monoisotopic (exact) mass is 436 g/mol. The maximum absolute atomic E-state index is 13.3. The van der Waals surface area contributed by atoms with E-state index in [1.807, 2.05) is 65.6 Å². The predicted octanol–water partition coefficient (Wildman–Crippen LogP) is 5.04. The van der Waals surface area contributed by atoms with Crippen LogP contribution in [0, 0.1) is 0 Å². The maximum Gasteiger partial charge on any atom is 0.273 e. The normalized spacial score (nSPS) is 15.8. The first kappa shape index (κ1) is 20.8. The lowest BCUT2D eigenvalue weighted by Crippen LogP contribution is -2.39. The van der Waals surface area contributed by atoms with Crippen LogP contribution in [0.1, 0.15) is 41.6 Å². The van der Waals surface area contributed by atoms with Gasteiger partial charge in [0.2, 0.25) is 0 Å². The first-order valence-electron chi connectivity index (χ1n) is 11.1. The summed E-state index contributed by atoms with van der Waals surface area (Å²) in [5.74, 6) is 1.22. The van der Waals surface area contributed by atoms with E-state index in [0.717, 1.165) is 36.2 Å². The van der Waals surface area contributed by atoms with Crippen LogP contribution in [0.15, 0.2) is 85.3 Å². The number of carbonyl (C=O) groups is 1. The molecule has 0 spiro atoms. The molecule has 0 unspecified atom stereocenters. The number of pyridine rings is 2. The highest BCUT2D eigenvalue weighted by molar-refractivity contribution is 5.92. The molecule has 33 heavy (non-hydrogen) atoms. The summed E-state index contributed by atoms with van der Waals surface area (Å²) in [6.07, 6.45) is 7.94. The standard InChI is InChI=1S/C26H24N6O/c33-26(21-12-4-6-15-28-21)32-16-7-5-13-23(32)25-30-22(19-9-8-14-27-18-19)17-24(31-25)29-20-10-2-1-3-11-20/h1-4,6,8-12,14-15,17-18,23H,5,7,13,16H2,(H,29,30,31)/t23-/m0/s1. The number of hydrogen-bond donors (Lipinski definition) is 1. The molecule has 3 aromatic heterocycles. The minimum absolute atomic E-state index is 0.0896. The van der Waals surface area contributed by atoms with Crippen molar-refractivity contribution in [3.8, 4) is 11.3 Å². The molecule has 1 aliphatic rings. The number of amides is 1. The summed E-state index contributed by atoms with van der Waals surface area (Å²) in [4.78, 5) is 33.4. The van der Waals surface area contributed by atoms with Crippen molar-refractivity contribution in [3.05, 3.63) is 96.8 Å². The minimum Gasteiger partial charge on any atom is -0.340 e. The zero-order valence-corrected chi connectivity index (χ0v) is 18.1. The molecule has 164 valence electrons. The number of nitrogens with one attached hydrogen (secondary N) is 1. The molecule has 1 N–H and O–H groups in total. The molecule has 1 amide bonds. The van der Waals surface area contributed by atoms with Gasteiger partial charge in [-0.3, -0.25) is 14.8 Å². The number of carbonyl (C=O) groups excluding carboxylic acids is 1. The highest BCUT2D eigenvalue weighted by Crippen LogP contribution is 2.32. The maximum atomic E-state index is 13.3. The quantitative estimate of drug-likeness (QED) is 0.472. The van der Waals surface area contributed by atoms with E-state index in [9.17, 15) is 4.79 Å². The van der Waals surface area contributed by atoms with Crippen molar-refractivity contribution in [2.45, 2.75) is 25.3 Å². The fourth-order valence-electron chi connectivity index (χ4n) is 4.09. The Morgan fingerprint density at radius 1 is 0.939 bits per heavy atom. The Morgan fingerprint density at radius 3 is 2.61 bits per heavy atom. The summed E-state index contributed by atoms with van der Waals surface area (Å²) >= 11 is 0. The van der Waals surface area contributed by atoms with E-state index in [4.69, 9.17) is 9.97 Å². The average molecular weight is 437 g/mol. The van der Waals surface area contributed by atoms with Gasteiger partial charge < -0.3 is 10.2 Å². The molecule has 1 fully saturated rings. The summed E-state index contributed by atoms with van der Waals surface area (Å²) in [5.41, 5.74) is 3.04. The summed E-state index contributed by atoms with van der Waals surface area (Å²) < 4.78 is 0. The van der Waals surface area contributed by atoms with Crippen LogP contribution in [0.4, 0.5) is 11.5 Å². The number of piperidine rings is 1. The van der Waals surface area contributed by atoms with Crippen molar-refractivity contribution in [2.75, 3.05) is 11.9 Å². The number of benzene rings is 1.